The molecule has 0 N–H and O–H groups in total. The third kappa shape index (κ3) is 6.82. The van der Waals surface area contributed by atoms with Gasteiger partial charge < -0.3 is 0 Å². The van der Waals surface area contributed by atoms with Crippen molar-refractivity contribution in [2.24, 2.45) is 27.6 Å². The van der Waals surface area contributed by atoms with E-state index in [-0.39, 0.29) is 0 Å². The van der Waals surface area contributed by atoms with Crippen molar-refractivity contribution >= 4 is 0 Å². The molecule has 0 heteroatoms. The van der Waals surface area contributed by atoms with Gasteiger partial charge in [0, 0.05) is 0 Å². The fourth-order valence-electron chi connectivity index (χ4n) is 5.14. The van der Waals surface area contributed by atoms with Crippen molar-refractivity contribution in [3.63, 3.8) is 0 Å². The van der Waals surface area contributed by atoms with Crippen LogP contribution in [-0.2, 0) is 0 Å². The lowest BCUT2D eigenvalue weighted by Crippen LogP contribution is -2.40. The minimum absolute atomic E-state index is 0.405. The Morgan fingerprint density at radius 3 is 1.00 bits per heavy atom. The average molecular weight is 269 g/mol. The Bertz CT molecular complexity index is 239. The van der Waals surface area contributed by atoms with Crippen LogP contribution in [0.4, 0.5) is 0 Å². The third-order valence-corrected chi connectivity index (χ3v) is 4.27. The van der Waals surface area contributed by atoms with E-state index in [9.17, 15) is 0 Å². The molecule has 0 nitrogen and oxygen atoms in total. The highest BCUT2D eigenvalue weighted by Crippen LogP contribution is 2.51. The lowest BCUT2D eigenvalue weighted by molar-refractivity contribution is 0.0101. The second-order valence-corrected chi connectivity index (χ2v) is 10.4. The maximum Gasteiger partial charge on any atom is -0.0313 e. The van der Waals surface area contributed by atoms with E-state index >= 15 is 0 Å². The fourth-order valence-corrected chi connectivity index (χ4v) is 5.14. The zero-order chi connectivity index (χ0) is 15.7. The summed E-state index contributed by atoms with van der Waals surface area (Å²) >= 11 is 0. The van der Waals surface area contributed by atoms with Crippen LogP contribution in [0.15, 0.2) is 0 Å². The zero-order valence-corrected chi connectivity index (χ0v) is 15.7. The van der Waals surface area contributed by atoms with E-state index < -0.39 is 0 Å². The molecule has 0 saturated heterocycles. The summed E-state index contributed by atoms with van der Waals surface area (Å²) in [6.07, 6.45) is 3.88. The molecule has 0 aliphatic rings. The number of rotatable bonds is 5. The summed E-state index contributed by atoms with van der Waals surface area (Å²) in [6.45, 7) is 26.5. The van der Waals surface area contributed by atoms with E-state index in [0.29, 0.717) is 21.7 Å². The van der Waals surface area contributed by atoms with Crippen LogP contribution in [0.25, 0.3) is 0 Å². The molecule has 19 heavy (non-hydrogen) atoms. The first-order chi connectivity index (χ1) is 8.11. The molecule has 0 aliphatic heterocycles. The Balaban J connectivity index is 5.18. The molecular weight excluding hydrogens is 228 g/mol. The molecule has 0 saturated carbocycles. The molecule has 0 aromatic carbocycles. The summed E-state index contributed by atoms with van der Waals surface area (Å²) in [7, 11) is 0. The van der Waals surface area contributed by atoms with Crippen LogP contribution in [0.1, 0.15) is 95.4 Å². The lowest BCUT2D eigenvalue weighted by Gasteiger charge is -2.49. The highest BCUT2D eigenvalue weighted by molar-refractivity contribution is 4.92. The van der Waals surface area contributed by atoms with E-state index in [4.69, 9.17) is 0 Å². The second kappa shape index (κ2) is 5.78. The summed E-state index contributed by atoms with van der Waals surface area (Å²) in [4.78, 5) is 0. The molecule has 0 heterocycles. The molecule has 0 atom stereocenters. The molecule has 0 aliphatic carbocycles. The summed E-state index contributed by atoms with van der Waals surface area (Å²) < 4.78 is 0. The van der Waals surface area contributed by atoms with Gasteiger partial charge in [-0.2, -0.15) is 0 Å². The second-order valence-electron chi connectivity index (χ2n) is 10.4. The van der Waals surface area contributed by atoms with Crippen LogP contribution in [0.2, 0.25) is 0 Å². The van der Waals surface area contributed by atoms with Crippen molar-refractivity contribution in [3.05, 3.63) is 0 Å². The maximum absolute atomic E-state index is 2.48. The van der Waals surface area contributed by atoms with Crippen molar-refractivity contribution in [2.45, 2.75) is 95.4 Å². The molecule has 0 bridgehead atoms. The van der Waals surface area contributed by atoms with Crippen LogP contribution in [0.3, 0.4) is 0 Å². The van der Waals surface area contributed by atoms with Gasteiger partial charge in [0.15, 0.2) is 0 Å². The molecule has 116 valence electrons. The summed E-state index contributed by atoms with van der Waals surface area (Å²) in [5.41, 5.74) is 1.63. The molecule has 0 unspecified atom stereocenters. The van der Waals surface area contributed by atoms with Gasteiger partial charge >= 0.3 is 0 Å². The van der Waals surface area contributed by atoms with Gasteiger partial charge in [0.1, 0.15) is 0 Å². The van der Waals surface area contributed by atoms with Crippen LogP contribution < -0.4 is 0 Å². The van der Waals surface area contributed by atoms with Gasteiger partial charge in [0.2, 0.25) is 0 Å². The first kappa shape index (κ1) is 19.0. The van der Waals surface area contributed by atoms with Crippen LogP contribution in [0, 0.1) is 27.6 Å². The van der Waals surface area contributed by atoms with Crippen molar-refractivity contribution < 1.29 is 0 Å². The minimum atomic E-state index is 0.405. The van der Waals surface area contributed by atoms with Crippen molar-refractivity contribution in [1.82, 2.24) is 0 Å². The van der Waals surface area contributed by atoms with E-state index in [1.807, 2.05) is 0 Å². The largest absolute Gasteiger partial charge is 0.0651 e. The number of hydrogen-bond donors (Lipinski definition) is 0. The molecular formula is C19H40. The quantitative estimate of drug-likeness (QED) is 0.506. The molecule has 0 radical (unpaired) electrons. The molecule has 0 spiro atoms. The molecule has 0 amide bonds. The normalized spacial score (nSPS) is 15.2. The third-order valence-electron chi connectivity index (χ3n) is 4.27. The van der Waals surface area contributed by atoms with E-state index in [1.54, 1.807) is 0 Å². The van der Waals surface area contributed by atoms with Gasteiger partial charge in [-0.1, -0.05) is 82.6 Å². The molecule has 0 rings (SSSR count). The Morgan fingerprint density at radius 1 is 0.579 bits per heavy atom. The smallest absolute Gasteiger partial charge is 0.0313 e. The molecule has 0 aromatic heterocycles. The predicted octanol–water partition coefficient (Wildman–Crippen LogP) is 6.94. The fraction of sp³-hybridized carbons (Fsp3) is 1.00. The zero-order valence-electron chi connectivity index (χ0n) is 15.7. The summed E-state index contributed by atoms with van der Waals surface area (Å²) in [5.74, 6) is 0.776. The molecule has 0 aromatic rings. The van der Waals surface area contributed by atoms with Crippen molar-refractivity contribution in [2.75, 3.05) is 0 Å². The van der Waals surface area contributed by atoms with E-state index in [1.165, 1.54) is 19.3 Å². The Hall–Kier alpha value is 0. The Labute approximate surface area is 123 Å². The van der Waals surface area contributed by atoms with Gasteiger partial charge in [-0.3, -0.25) is 0 Å². The van der Waals surface area contributed by atoms with Gasteiger partial charge in [0.25, 0.3) is 0 Å². The van der Waals surface area contributed by atoms with Crippen LogP contribution in [0.5, 0.6) is 0 Å². The number of hydrogen-bond acceptors (Lipinski definition) is 0. The first-order valence-corrected chi connectivity index (χ1v) is 8.11. The Kier molecular flexibility index (Phi) is 5.78. The van der Waals surface area contributed by atoms with Gasteiger partial charge in [-0.15, -0.1) is 0 Å². The van der Waals surface area contributed by atoms with Gasteiger partial charge in [-0.05, 0) is 40.4 Å². The highest BCUT2D eigenvalue weighted by atomic mass is 14.5. The SMILES string of the molecule is CCC(C(C)(C)CC(C)(C)C)C(C)(C)CC(C)(C)C. The van der Waals surface area contributed by atoms with Gasteiger partial charge in [-0.25, -0.2) is 0 Å². The maximum atomic E-state index is 2.48. The predicted molar refractivity (Wildman–Crippen MR) is 89.5 cm³/mol. The molecule has 0 fully saturated rings. The highest BCUT2D eigenvalue weighted by Gasteiger charge is 2.42. The average Bonchev–Trinajstić information content (AvgIpc) is 1.91. The monoisotopic (exact) mass is 268 g/mol. The van der Waals surface area contributed by atoms with Crippen LogP contribution in [-0.4, -0.2) is 0 Å². The van der Waals surface area contributed by atoms with E-state index in [2.05, 4.69) is 76.2 Å². The summed E-state index contributed by atoms with van der Waals surface area (Å²) in [5, 5.41) is 0. The van der Waals surface area contributed by atoms with Crippen molar-refractivity contribution in [3.8, 4) is 0 Å². The lowest BCUT2D eigenvalue weighted by atomic mass is 9.56. The Morgan fingerprint density at radius 2 is 0.842 bits per heavy atom. The topological polar surface area (TPSA) is 0 Å². The van der Waals surface area contributed by atoms with Crippen LogP contribution >= 0.6 is 0 Å². The first-order valence-electron chi connectivity index (χ1n) is 8.11. The van der Waals surface area contributed by atoms with Crippen molar-refractivity contribution in [1.29, 1.82) is 0 Å². The summed E-state index contributed by atoms with van der Waals surface area (Å²) in [6, 6.07) is 0. The van der Waals surface area contributed by atoms with Gasteiger partial charge in [0.05, 0.1) is 0 Å². The standard InChI is InChI=1S/C19H40/c1-12-15(18(8,9)13-16(2,3)4)19(10,11)14-17(5,6)7/h15H,12-14H2,1-11H3. The minimum Gasteiger partial charge on any atom is -0.0651 e. The van der Waals surface area contributed by atoms with E-state index in [0.717, 1.165) is 5.92 Å².